The van der Waals surface area contributed by atoms with Gasteiger partial charge in [-0.1, -0.05) is 13.3 Å². The van der Waals surface area contributed by atoms with Crippen LogP contribution in [0.25, 0.3) is 0 Å². The molecule has 0 saturated carbocycles. The summed E-state index contributed by atoms with van der Waals surface area (Å²) < 4.78 is 11.1. The van der Waals surface area contributed by atoms with Crippen LogP contribution in [0.1, 0.15) is 45.3 Å². The van der Waals surface area contributed by atoms with Crippen LogP contribution in [0.2, 0.25) is 0 Å². The largest absolute Gasteiger partial charge is 0.467 e. The van der Waals surface area contributed by atoms with E-state index < -0.39 is 0 Å². The average Bonchev–Trinajstić information content (AvgIpc) is 3.32. The predicted molar refractivity (Wildman–Crippen MR) is 98.7 cm³/mol. The number of carbonyl (C=O) groups excluding carboxylic acids is 2. The molecular weight excluding hydrogens is 334 g/mol. The monoisotopic (exact) mass is 365 g/mol. The quantitative estimate of drug-likeness (QED) is 0.692. The van der Waals surface area contributed by atoms with E-state index in [1.54, 1.807) is 16.1 Å². The highest BCUT2D eigenvalue weighted by Gasteiger charge is 2.26. The minimum Gasteiger partial charge on any atom is -0.467 e. The molecule has 0 bridgehead atoms. The second-order valence-electron chi connectivity index (χ2n) is 6.60. The van der Waals surface area contributed by atoms with Crippen molar-refractivity contribution < 1.29 is 18.7 Å². The topological polar surface area (TPSA) is 75.0 Å². The lowest BCUT2D eigenvalue weighted by atomic mass is 10.2. The number of rotatable bonds is 10. The third-order valence-corrected chi connectivity index (χ3v) is 4.45. The Morgan fingerprint density at radius 1 is 1.31 bits per heavy atom. The van der Waals surface area contributed by atoms with Crippen LogP contribution in [0.3, 0.4) is 0 Å². The third kappa shape index (κ3) is 6.37. The van der Waals surface area contributed by atoms with Gasteiger partial charge in [-0.05, 0) is 38.3 Å². The standard InChI is InChI=1S/C19H31N3O4/c1-3-5-10-21(19(24)20-4-2)15-18(23)22(13-16-8-6-11-25-16)14-17-9-7-12-26-17/h6,8,11,17H,3-5,7,9-10,12-15H2,1-2H3,(H,20,24)/t17-/m1/s1. The number of amides is 3. The molecule has 0 aliphatic carbocycles. The summed E-state index contributed by atoms with van der Waals surface area (Å²) in [5.74, 6) is 0.647. The van der Waals surface area contributed by atoms with E-state index in [1.165, 1.54) is 0 Å². The van der Waals surface area contributed by atoms with Gasteiger partial charge in [-0.15, -0.1) is 0 Å². The van der Waals surface area contributed by atoms with Gasteiger partial charge in [0, 0.05) is 26.2 Å². The van der Waals surface area contributed by atoms with E-state index in [0.717, 1.165) is 38.1 Å². The van der Waals surface area contributed by atoms with Crippen LogP contribution >= 0.6 is 0 Å². The molecule has 1 aliphatic rings. The molecule has 26 heavy (non-hydrogen) atoms. The smallest absolute Gasteiger partial charge is 0.317 e. The van der Waals surface area contributed by atoms with Gasteiger partial charge >= 0.3 is 6.03 Å². The number of nitrogens with zero attached hydrogens (tertiary/aromatic N) is 2. The molecule has 2 rings (SSSR count). The molecule has 7 heteroatoms. The molecule has 0 aromatic carbocycles. The molecule has 0 radical (unpaired) electrons. The van der Waals surface area contributed by atoms with Crippen molar-refractivity contribution in [2.24, 2.45) is 0 Å². The number of unbranched alkanes of at least 4 members (excludes halogenated alkanes) is 1. The van der Waals surface area contributed by atoms with E-state index in [1.807, 2.05) is 19.1 Å². The van der Waals surface area contributed by atoms with Crippen molar-refractivity contribution in [1.29, 1.82) is 0 Å². The summed E-state index contributed by atoms with van der Waals surface area (Å²) in [7, 11) is 0. The van der Waals surface area contributed by atoms with E-state index in [-0.39, 0.29) is 24.6 Å². The fourth-order valence-corrected chi connectivity index (χ4v) is 3.01. The minimum absolute atomic E-state index is 0.0578. The van der Waals surface area contributed by atoms with Gasteiger partial charge in [-0.3, -0.25) is 4.79 Å². The summed E-state index contributed by atoms with van der Waals surface area (Å²) in [6.45, 7) is 6.79. The van der Waals surface area contributed by atoms with E-state index in [2.05, 4.69) is 12.2 Å². The number of furan rings is 1. The number of ether oxygens (including phenoxy) is 1. The fraction of sp³-hybridized carbons (Fsp3) is 0.684. The highest BCUT2D eigenvalue weighted by Crippen LogP contribution is 2.16. The third-order valence-electron chi connectivity index (χ3n) is 4.45. The molecule has 1 aromatic rings. The second-order valence-corrected chi connectivity index (χ2v) is 6.60. The van der Waals surface area contributed by atoms with Crippen LogP contribution in [0, 0.1) is 0 Å². The van der Waals surface area contributed by atoms with Gasteiger partial charge < -0.3 is 24.3 Å². The van der Waals surface area contributed by atoms with Crippen molar-refractivity contribution >= 4 is 11.9 Å². The zero-order valence-corrected chi connectivity index (χ0v) is 15.9. The number of carbonyl (C=O) groups is 2. The summed E-state index contributed by atoms with van der Waals surface area (Å²) in [6.07, 6.45) is 5.48. The first kappa shape index (κ1) is 20.3. The second kappa shape index (κ2) is 10.9. The Morgan fingerprint density at radius 3 is 2.77 bits per heavy atom. The molecule has 0 unspecified atom stereocenters. The molecule has 1 fully saturated rings. The highest BCUT2D eigenvalue weighted by molar-refractivity contribution is 5.84. The van der Waals surface area contributed by atoms with Crippen molar-refractivity contribution in [2.45, 2.75) is 52.2 Å². The fourth-order valence-electron chi connectivity index (χ4n) is 3.01. The van der Waals surface area contributed by atoms with Gasteiger partial charge in [0.25, 0.3) is 0 Å². The Morgan fingerprint density at radius 2 is 2.15 bits per heavy atom. The summed E-state index contributed by atoms with van der Waals surface area (Å²) in [4.78, 5) is 28.6. The molecule has 1 N–H and O–H groups in total. The predicted octanol–water partition coefficient (Wildman–Crippen LogP) is 2.62. The van der Waals surface area contributed by atoms with Gasteiger partial charge in [0.1, 0.15) is 12.3 Å². The Kier molecular flexibility index (Phi) is 8.47. The first-order chi connectivity index (χ1) is 12.6. The number of nitrogens with one attached hydrogen (secondary N) is 1. The molecular formula is C19H31N3O4. The molecule has 0 spiro atoms. The highest BCUT2D eigenvalue weighted by atomic mass is 16.5. The molecule has 1 aliphatic heterocycles. The summed E-state index contributed by atoms with van der Waals surface area (Å²) >= 11 is 0. The number of hydrogen-bond donors (Lipinski definition) is 1. The number of urea groups is 1. The Hall–Kier alpha value is -2.02. The summed E-state index contributed by atoms with van der Waals surface area (Å²) in [5, 5.41) is 2.79. The van der Waals surface area contributed by atoms with E-state index >= 15 is 0 Å². The van der Waals surface area contributed by atoms with Crippen molar-refractivity contribution in [1.82, 2.24) is 15.1 Å². The summed E-state index contributed by atoms with van der Waals surface area (Å²) in [6, 6.07) is 3.48. The summed E-state index contributed by atoms with van der Waals surface area (Å²) in [5.41, 5.74) is 0. The maximum atomic E-state index is 12.9. The normalized spacial score (nSPS) is 16.5. The first-order valence-corrected chi connectivity index (χ1v) is 9.58. The van der Waals surface area contributed by atoms with Gasteiger partial charge in [-0.25, -0.2) is 4.79 Å². The van der Waals surface area contributed by atoms with E-state index in [9.17, 15) is 9.59 Å². The minimum atomic E-state index is -0.190. The van der Waals surface area contributed by atoms with Gasteiger partial charge in [0.05, 0.1) is 18.9 Å². The van der Waals surface area contributed by atoms with Crippen molar-refractivity contribution in [2.75, 3.05) is 32.8 Å². The van der Waals surface area contributed by atoms with Crippen LogP contribution in [0.4, 0.5) is 4.79 Å². The molecule has 7 nitrogen and oxygen atoms in total. The lowest BCUT2D eigenvalue weighted by molar-refractivity contribution is -0.134. The van der Waals surface area contributed by atoms with Crippen LogP contribution in [0.5, 0.6) is 0 Å². The van der Waals surface area contributed by atoms with Crippen molar-refractivity contribution in [3.8, 4) is 0 Å². The zero-order valence-electron chi connectivity index (χ0n) is 15.9. The Balaban J connectivity index is 2.02. The van der Waals surface area contributed by atoms with Gasteiger partial charge in [-0.2, -0.15) is 0 Å². The van der Waals surface area contributed by atoms with Gasteiger partial charge in [0.15, 0.2) is 0 Å². The van der Waals surface area contributed by atoms with Crippen LogP contribution in [-0.4, -0.2) is 60.6 Å². The van der Waals surface area contributed by atoms with E-state index in [0.29, 0.717) is 26.2 Å². The zero-order chi connectivity index (χ0) is 18.8. The Labute approximate surface area is 155 Å². The lowest BCUT2D eigenvalue weighted by Crippen LogP contribution is -2.48. The molecule has 146 valence electrons. The van der Waals surface area contributed by atoms with Crippen molar-refractivity contribution in [3.05, 3.63) is 24.2 Å². The SMILES string of the molecule is CCCCN(CC(=O)N(Cc1ccco1)C[C@H]1CCCO1)C(=O)NCC. The molecule has 1 saturated heterocycles. The molecule has 1 atom stereocenters. The van der Waals surface area contributed by atoms with Crippen LogP contribution in [0.15, 0.2) is 22.8 Å². The first-order valence-electron chi connectivity index (χ1n) is 9.58. The molecule has 3 amide bonds. The Bertz CT molecular complexity index is 541. The van der Waals surface area contributed by atoms with Crippen LogP contribution in [-0.2, 0) is 16.1 Å². The van der Waals surface area contributed by atoms with E-state index in [4.69, 9.17) is 9.15 Å². The lowest BCUT2D eigenvalue weighted by Gasteiger charge is -2.28. The molecule has 2 heterocycles. The maximum Gasteiger partial charge on any atom is 0.317 e. The van der Waals surface area contributed by atoms with Crippen molar-refractivity contribution in [3.63, 3.8) is 0 Å². The van der Waals surface area contributed by atoms with Crippen LogP contribution < -0.4 is 5.32 Å². The number of hydrogen-bond acceptors (Lipinski definition) is 4. The average molecular weight is 365 g/mol. The van der Waals surface area contributed by atoms with Gasteiger partial charge in [0.2, 0.25) is 5.91 Å². The maximum absolute atomic E-state index is 12.9. The molecule has 1 aromatic heterocycles.